The van der Waals surface area contributed by atoms with Crippen molar-refractivity contribution in [3.8, 4) is 11.3 Å². The van der Waals surface area contributed by atoms with Crippen LogP contribution in [0.3, 0.4) is 0 Å². The van der Waals surface area contributed by atoms with E-state index in [0.29, 0.717) is 16.4 Å². The Hall–Kier alpha value is -2.18. The quantitative estimate of drug-likeness (QED) is 0.720. The second-order valence-electron chi connectivity index (χ2n) is 4.48. The van der Waals surface area contributed by atoms with Crippen molar-refractivity contribution in [2.45, 2.75) is 0 Å². The molecule has 2 aromatic heterocycles. The third-order valence-corrected chi connectivity index (χ3v) is 3.81. The van der Waals surface area contributed by atoms with Crippen molar-refractivity contribution in [2.75, 3.05) is 5.32 Å². The summed E-state index contributed by atoms with van der Waals surface area (Å²) in [5.41, 5.74) is 2.10. The van der Waals surface area contributed by atoms with Gasteiger partial charge in [0, 0.05) is 28.5 Å². The SMILES string of the molecule is O=C(Nc1cc(-c2ccncc2)[nH]n1)c1cc(Br)ccc1Cl. The number of pyridine rings is 1. The van der Waals surface area contributed by atoms with E-state index >= 15 is 0 Å². The minimum atomic E-state index is -0.320. The van der Waals surface area contributed by atoms with Gasteiger partial charge in [0.1, 0.15) is 0 Å². The maximum Gasteiger partial charge on any atom is 0.258 e. The Labute approximate surface area is 139 Å². The zero-order valence-corrected chi connectivity index (χ0v) is 13.5. The fraction of sp³-hybridized carbons (Fsp3) is 0. The number of benzene rings is 1. The molecular weight excluding hydrogens is 368 g/mol. The highest BCUT2D eigenvalue weighted by Crippen LogP contribution is 2.23. The van der Waals surface area contributed by atoms with Crippen LogP contribution in [0.1, 0.15) is 10.4 Å². The summed E-state index contributed by atoms with van der Waals surface area (Å²) in [5, 5.41) is 10.0. The number of rotatable bonds is 3. The highest BCUT2D eigenvalue weighted by atomic mass is 79.9. The highest BCUT2D eigenvalue weighted by molar-refractivity contribution is 9.10. The summed E-state index contributed by atoms with van der Waals surface area (Å²) < 4.78 is 0.779. The van der Waals surface area contributed by atoms with Crippen LogP contribution in [0, 0.1) is 0 Å². The number of nitrogens with zero attached hydrogens (tertiary/aromatic N) is 2. The van der Waals surface area contributed by atoms with Crippen LogP contribution in [-0.2, 0) is 0 Å². The van der Waals surface area contributed by atoms with Gasteiger partial charge >= 0.3 is 0 Å². The van der Waals surface area contributed by atoms with Gasteiger partial charge in [0.05, 0.1) is 16.3 Å². The van der Waals surface area contributed by atoms with Gasteiger partial charge in [0.2, 0.25) is 0 Å². The average Bonchev–Trinajstić information content (AvgIpc) is 2.99. The number of nitrogens with one attached hydrogen (secondary N) is 2. The molecule has 3 aromatic rings. The number of aromatic amines is 1. The monoisotopic (exact) mass is 376 g/mol. The van der Waals surface area contributed by atoms with Crippen molar-refractivity contribution in [1.82, 2.24) is 15.2 Å². The molecule has 0 spiro atoms. The van der Waals surface area contributed by atoms with Gasteiger partial charge in [0.15, 0.2) is 5.82 Å². The summed E-state index contributed by atoms with van der Waals surface area (Å²) in [5.74, 6) is 0.104. The van der Waals surface area contributed by atoms with Gasteiger partial charge in [-0.3, -0.25) is 14.9 Å². The summed E-state index contributed by atoms with van der Waals surface area (Å²) >= 11 is 9.36. The number of hydrogen-bond donors (Lipinski definition) is 2. The van der Waals surface area contributed by atoms with Crippen molar-refractivity contribution in [3.63, 3.8) is 0 Å². The van der Waals surface area contributed by atoms with Crippen LogP contribution in [0.25, 0.3) is 11.3 Å². The Morgan fingerprint density at radius 3 is 2.73 bits per heavy atom. The minimum absolute atomic E-state index is 0.320. The third-order valence-electron chi connectivity index (χ3n) is 2.98. The highest BCUT2D eigenvalue weighted by Gasteiger charge is 2.13. The summed E-state index contributed by atoms with van der Waals surface area (Å²) in [6.45, 7) is 0. The van der Waals surface area contributed by atoms with Gasteiger partial charge in [-0.1, -0.05) is 27.5 Å². The predicted molar refractivity (Wildman–Crippen MR) is 88.9 cm³/mol. The molecule has 0 aliphatic heterocycles. The Balaban J connectivity index is 1.81. The molecule has 0 fully saturated rings. The van der Waals surface area contributed by atoms with Crippen molar-refractivity contribution >= 4 is 39.3 Å². The Kier molecular flexibility index (Phi) is 4.22. The first-order chi connectivity index (χ1) is 10.6. The zero-order valence-electron chi connectivity index (χ0n) is 11.2. The predicted octanol–water partition coefficient (Wildman–Crippen LogP) is 4.14. The van der Waals surface area contributed by atoms with Crippen LogP contribution < -0.4 is 5.32 Å². The molecule has 3 rings (SSSR count). The van der Waals surface area contributed by atoms with E-state index in [2.05, 4.69) is 36.4 Å². The van der Waals surface area contributed by atoms with Crippen molar-refractivity contribution < 1.29 is 4.79 Å². The molecule has 110 valence electrons. The normalized spacial score (nSPS) is 10.5. The first-order valence-electron chi connectivity index (χ1n) is 6.36. The van der Waals surface area contributed by atoms with Crippen LogP contribution in [-0.4, -0.2) is 21.1 Å². The van der Waals surface area contributed by atoms with E-state index < -0.39 is 0 Å². The molecule has 0 aliphatic carbocycles. The fourth-order valence-electron chi connectivity index (χ4n) is 1.92. The van der Waals surface area contributed by atoms with E-state index in [9.17, 15) is 4.79 Å². The average molecular weight is 378 g/mol. The Morgan fingerprint density at radius 2 is 1.95 bits per heavy atom. The second kappa shape index (κ2) is 6.29. The van der Waals surface area contributed by atoms with E-state index in [0.717, 1.165) is 15.7 Å². The van der Waals surface area contributed by atoms with Crippen molar-refractivity contribution in [3.05, 3.63) is 63.9 Å². The molecule has 2 heterocycles. The number of amides is 1. The minimum Gasteiger partial charge on any atom is -0.305 e. The van der Waals surface area contributed by atoms with Crippen molar-refractivity contribution in [2.24, 2.45) is 0 Å². The van der Waals surface area contributed by atoms with Crippen LogP contribution in [0.2, 0.25) is 5.02 Å². The molecule has 0 atom stereocenters. The first kappa shape index (κ1) is 14.7. The lowest BCUT2D eigenvalue weighted by Gasteiger charge is -2.04. The number of aromatic nitrogens is 3. The Morgan fingerprint density at radius 1 is 1.18 bits per heavy atom. The molecule has 22 heavy (non-hydrogen) atoms. The smallest absolute Gasteiger partial charge is 0.258 e. The molecule has 1 aromatic carbocycles. The van der Waals surface area contributed by atoms with Crippen LogP contribution in [0.4, 0.5) is 5.82 Å². The van der Waals surface area contributed by atoms with E-state index in [4.69, 9.17) is 11.6 Å². The van der Waals surface area contributed by atoms with E-state index in [1.165, 1.54) is 0 Å². The third kappa shape index (κ3) is 3.18. The lowest BCUT2D eigenvalue weighted by molar-refractivity contribution is 0.102. The molecule has 1 amide bonds. The van der Waals surface area contributed by atoms with Gasteiger partial charge in [-0.15, -0.1) is 0 Å². The summed E-state index contributed by atoms with van der Waals surface area (Å²) in [6, 6.07) is 10.5. The summed E-state index contributed by atoms with van der Waals surface area (Å²) in [7, 11) is 0. The molecule has 2 N–H and O–H groups in total. The molecule has 0 saturated carbocycles. The number of carbonyl (C=O) groups is 1. The molecule has 0 saturated heterocycles. The second-order valence-corrected chi connectivity index (χ2v) is 5.80. The summed E-state index contributed by atoms with van der Waals surface area (Å²) in [4.78, 5) is 16.2. The maximum atomic E-state index is 12.3. The summed E-state index contributed by atoms with van der Waals surface area (Å²) in [6.07, 6.45) is 3.38. The molecule has 0 bridgehead atoms. The van der Waals surface area contributed by atoms with E-state index in [1.54, 1.807) is 36.7 Å². The standard InChI is InChI=1S/C15H10BrClN4O/c16-10-1-2-12(17)11(7-10)15(22)19-14-8-13(20-21-14)9-3-5-18-6-4-9/h1-8H,(H2,19,20,21,22). The molecule has 5 nitrogen and oxygen atoms in total. The number of H-pyrrole nitrogens is 1. The fourth-order valence-corrected chi connectivity index (χ4v) is 2.48. The van der Waals surface area contributed by atoms with Crippen molar-refractivity contribution in [1.29, 1.82) is 0 Å². The Bertz CT molecular complexity index is 819. The number of carbonyl (C=O) groups excluding carboxylic acids is 1. The van der Waals surface area contributed by atoms with Crippen LogP contribution in [0.15, 0.2) is 53.3 Å². The number of anilines is 1. The van der Waals surface area contributed by atoms with E-state index in [-0.39, 0.29) is 5.91 Å². The van der Waals surface area contributed by atoms with Crippen LogP contribution >= 0.6 is 27.5 Å². The molecule has 0 radical (unpaired) electrons. The first-order valence-corrected chi connectivity index (χ1v) is 7.53. The molecule has 7 heteroatoms. The lowest BCUT2D eigenvalue weighted by atomic mass is 10.2. The van der Waals surface area contributed by atoms with E-state index in [1.807, 2.05) is 12.1 Å². The van der Waals surface area contributed by atoms with Crippen LogP contribution in [0.5, 0.6) is 0 Å². The van der Waals surface area contributed by atoms with Gasteiger partial charge in [-0.05, 0) is 30.3 Å². The molecule has 0 unspecified atom stereocenters. The van der Waals surface area contributed by atoms with Gasteiger partial charge < -0.3 is 5.32 Å². The molecule has 0 aliphatic rings. The number of hydrogen-bond acceptors (Lipinski definition) is 3. The maximum absolute atomic E-state index is 12.3. The van der Waals surface area contributed by atoms with Gasteiger partial charge in [0.25, 0.3) is 5.91 Å². The van der Waals surface area contributed by atoms with Gasteiger partial charge in [-0.2, -0.15) is 5.10 Å². The largest absolute Gasteiger partial charge is 0.305 e. The lowest BCUT2D eigenvalue weighted by Crippen LogP contribution is -2.12. The zero-order chi connectivity index (χ0) is 15.5. The number of halogens is 2. The van der Waals surface area contributed by atoms with Gasteiger partial charge in [-0.25, -0.2) is 0 Å². The molecular formula is C15H10BrClN4O. The topological polar surface area (TPSA) is 70.7 Å².